The van der Waals surface area contributed by atoms with E-state index in [1.165, 1.54) is 12.1 Å². The molecule has 0 heterocycles. The molecule has 1 aromatic rings. The molecule has 1 aromatic carbocycles. The third-order valence-electron chi connectivity index (χ3n) is 6.12. The number of carboxylic acids is 1. The molecule has 9 N–H and O–H groups in total. The standard InChI is InChI=1S/C25H39N5O7/c1-5-14(4)21(25(36)37)30-23(34)18(12-15-6-8-16(31)9-7-15)29-22(33)17(10-11-19(26)32)28-24(35)20(27)13(2)3/h6-9,13-14,17-18,20-21,31H,5,10-12,27H2,1-4H3,(H2,26,32)(H,28,35)(H,29,33)(H,30,34)(H,36,37). The van der Waals surface area contributed by atoms with Crippen LogP contribution in [0.15, 0.2) is 24.3 Å². The predicted octanol–water partition coefficient (Wildman–Crippen LogP) is -0.231. The van der Waals surface area contributed by atoms with Crippen LogP contribution in [-0.4, -0.2) is 64.0 Å². The van der Waals surface area contributed by atoms with Crippen LogP contribution in [0.25, 0.3) is 0 Å². The molecule has 0 saturated carbocycles. The number of hydrogen-bond acceptors (Lipinski definition) is 7. The van der Waals surface area contributed by atoms with Gasteiger partial charge in [0.2, 0.25) is 23.6 Å². The fourth-order valence-electron chi connectivity index (χ4n) is 3.41. The summed E-state index contributed by atoms with van der Waals surface area (Å²) in [6.45, 7) is 6.93. The second-order valence-corrected chi connectivity index (χ2v) is 9.48. The zero-order valence-electron chi connectivity index (χ0n) is 21.7. The zero-order chi connectivity index (χ0) is 28.3. The lowest BCUT2D eigenvalue weighted by atomic mass is 9.98. The van der Waals surface area contributed by atoms with Gasteiger partial charge in [0, 0.05) is 12.8 Å². The Balaban J connectivity index is 3.22. The lowest BCUT2D eigenvalue weighted by Gasteiger charge is -2.27. The molecule has 0 saturated heterocycles. The van der Waals surface area contributed by atoms with Gasteiger partial charge >= 0.3 is 5.97 Å². The summed E-state index contributed by atoms with van der Waals surface area (Å²) in [7, 11) is 0. The molecular formula is C25H39N5O7. The Morgan fingerprint density at radius 1 is 0.892 bits per heavy atom. The van der Waals surface area contributed by atoms with E-state index < -0.39 is 53.8 Å². The summed E-state index contributed by atoms with van der Waals surface area (Å²) < 4.78 is 0. The monoisotopic (exact) mass is 521 g/mol. The number of aromatic hydroxyl groups is 1. The van der Waals surface area contributed by atoms with Crippen molar-refractivity contribution in [1.29, 1.82) is 0 Å². The average molecular weight is 522 g/mol. The summed E-state index contributed by atoms with van der Waals surface area (Å²) >= 11 is 0. The fourth-order valence-corrected chi connectivity index (χ4v) is 3.41. The van der Waals surface area contributed by atoms with Crippen LogP contribution in [0.2, 0.25) is 0 Å². The van der Waals surface area contributed by atoms with Crippen LogP contribution in [0, 0.1) is 11.8 Å². The molecule has 0 radical (unpaired) electrons. The van der Waals surface area contributed by atoms with E-state index in [0.29, 0.717) is 12.0 Å². The first-order valence-corrected chi connectivity index (χ1v) is 12.2. The van der Waals surface area contributed by atoms with Crippen LogP contribution in [-0.2, 0) is 30.4 Å². The van der Waals surface area contributed by atoms with Gasteiger partial charge in [0.05, 0.1) is 6.04 Å². The van der Waals surface area contributed by atoms with E-state index in [9.17, 15) is 34.2 Å². The van der Waals surface area contributed by atoms with E-state index in [4.69, 9.17) is 11.5 Å². The minimum Gasteiger partial charge on any atom is -0.508 e. The summed E-state index contributed by atoms with van der Waals surface area (Å²) in [5.41, 5.74) is 11.7. The number of carbonyl (C=O) groups is 5. The molecular weight excluding hydrogens is 482 g/mol. The summed E-state index contributed by atoms with van der Waals surface area (Å²) in [5.74, 6) is -4.61. The summed E-state index contributed by atoms with van der Waals surface area (Å²) in [6, 6.07) is 1.39. The summed E-state index contributed by atoms with van der Waals surface area (Å²) in [4.78, 5) is 62.0. The highest BCUT2D eigenvalue weighted by Crippen LogP contribution is 2.13. The van der Waals surface area contributed by atoms with Gasteiger partial charge < -0.3 is 37.6 Å². The van der Waals surface area contributed by atoms with Gasteiger partial charge in [-0.05, 0) is 36.0 Å². The smallest absolute Gasteiger partial charge is 0.326 e. The van der Waals surface area contributed by atoms with Gasteiger partial charge in [-0.1, -0.05) is 46.2 Å². The van der Waals surface area contributed by atoms with Crippen LogP contribution in [0.4, 0.5) is 0 Å². The van der Waals surface area contributed by atoms with Crippen molar-refractivity contribution in [2.24, 2.45) is 23.3 Å². The average Bonchev–Trinajstić information content (AvgIpc) is 2.83. The molecule has 4 amide bonds. The van der Waals surface area contributed by atoms with Crippen molar-refractivity contribution in [2.75, 3.05) is 0 Å². The number of primary amides is 1. The van der Waals surface area contributed by atoms with E-state index >= 15 is 0 Å². The second kappa shape index (κ2) is 14.8. The topological polar surface area (TPSA) is 214 Å². The van der Waals surface area contributed by atoms with Gasteiger partial charge in [-0.2, -0.15) is 0 Å². The predicted molar refractivity (Wildman–Crippen MR) is 136 cm³/mol. The molecule has 0 fully saturated rings. The third kappa shape index (κ3) is 10.5. The lowest BCUT2D eigenvalue weighted by Crippen LogP contribution is -2.58. The van der Waals surface area contributed by atoms with E-state index in [1.54, 1.807) is 39.8 Å². The largest absolute Gasteiger partial charge is 0.508 e. The number of phenols is 1. The van der Waals surface area contributed by atoms with Crippen LogP contribution >= 0.6 is 0 Å². The van der Waals surface area contributed by atoms with Gasteiger partial charge in [0.15, 0.2) is 0 Å². The van der Waals surface area contributed by atoms with Crippen LogP contribution in [0.3, 0.4) is 0 Å². The van der Waals surface area contributed by atoms with Gasteiger partial charge in [0.1, 0.15) is 23.9 Å². The maximum absolute atomic E-state index is 13.2. The minimum absolute atomic E-state index is 0.00668. The Morgan fingerprint density at radius 2 is 1.43 bits per heavy atom. The van der Waals surface area contributed by atoms with Crippen molar-refractivity contribution < 1.29 is 34.2 Å². The maximum Gasteiger partial charge on any atom is 0.326 e. The number of rotatable bonds is 15. The first-order chi connectivity index (χ1) is 17.3. The second-order valence-electron chi connectivity index (χ2n) is 9.48. The SMILES string of the molecule is CCC(C)C(NC(=O)C(Cc1ccc(O)cc1)NC(=O)C(CCC(N)=O)NC(=O)C(N)C(C)C)C(=O)O. The Hall–Kier alpha value is -3.67. The molecule has 0 aliphatic heterocycles. The molecule has 0 bridgehead atoms. The van der Waals surface area contributed by atoms with Gasteiger partial charge in [-0.15, -0.1) is 0 Å². The molecule has 5 unspecified atom stereocenters. The molecule has 1 rings (SSSR count). The van der Waals surface area contributed by atoms with E-state index in [0.717, 1.165) is 0 Å². The molecule has 12 nitrogen and oxygen atoms in total. The minimum atomic E-state index is -1.23. The first-order valence-electron chi connectivity index (χ1n) is 12.2. The van der Waals surface area contributed by atoms with Crippen molar-refractivity contribution in [1.82, 2.24) is 16.0 Å². The number of carboxylic acid groups (broad SMARTS) is 1. The number of hydrogen-bond donors (Lipinski definition) is 7. The summed E-state index contributed by atoms with van der Waals surface area (Å²) in [5, 5.41) is 26.7. The normalized spacial score (nSPS) is 15.1. The van der Waals surface area contributed by atoms with E-state index in [-0.39, 0.29) is 36.8 Å². The molecule has 0 aliphatic carbocycles. The van der Waals surface area contributed by atoms with Crippen molar-refractivity contribution in [3.05, 3.63) is 29.8 Å². The molecule has 0 spiro atoms. The molecule has 12 heteroatoms. The van der Waals surface area contributed by atoms with Crippen molar-refractivity contribution >= 4 is 29.6 Å². The van der Waals surface area contributed by atoms with Crippen molar-refractivity contribution in [2.45, 2.75) is 77.5 Å². The molecule has 5 atom stereocenters. The van der Waals surface area contributed by atoms with Crippen LogP contribution < -0.4 is 27.4 Å². The number of benzene rings is 1. The number of nitrogens with two attached hydrogens (primary N) is 2. The molecule has 206 valence electrons. The lowest BCUT2D eigenvalue weighted by molar-refractivity contribution is -0.143. The number of amides is 4. The fraction of sp³-hybridized carbons (Fsp3) is 0.560. The molecule has 0 aliphatic rings. The van der Waals surface area contributed by atoms with Crippen molar-refractivity contribution in [3.8, 4) is 5.75 Å². The van der Waals surface area contributed by atoms with Gasteiger partial charge in [-0.3, -0.25) is 19.2 Å². The van der Waals surface area contributed by atoms with Crippen molar-refractivity contribution in [3.63, 3.8) is 0 Å². The Bertz CT molecular complexity index is 951. The Kier molecular flexibility index (Phi) is 12.5. The number of phenolic OH excluding ortho intramolecular Hbond substituents is 1. The summed E-state index contributed by atoms with van der Waals surface area (Å²) in [6.07, 6.45) is 0.116. The highest BCUT2D eigenvalue weighted by atomic mass is 16.4. The Labute approximate surface area is 216 Å². The van der Waals surface area contributed by atoms with Crippen LogP contribution in [0.1, 0.15) is 52.5 Å². The van der Waals surface area contributed by atoms with Gasteiger partial charge in [0.25, 0.3) is 0 Å². The van der Waals surface area contributed by atoms with E-state index in [2.05, 4.69) is 16.0 Å². The third-order valence-corrected chi connectivity index (χ3v) is 6.12. The highest BCUT2D eigenvalue weighted by molar-refractivity contribution is 5.94. The number of aliphatic carboxylic acids is 1. The van der Waals surface area contributed by atoms with Crippen LogP contribution in [0.5, 0.6) is 5.75 Å². The zero-order valence-corrected chi connectivity index (χ0v) is 21.7. The highest BCUT2D eigenvalue weighted by Gasteiger charge is 2.32. The maximum atomic E-state index is 13.2. The number of nitrogens with one attached hydrogen (secondary N) is 3. The molecule has 0 aromatic heterocycles. The van der Waals surface area contributed by atoms with Gasteiger partial charge in [-0.25, -0.2) is 4.79 Å². The molecule has 37 heavy (non-hydrogen) atoms. The quantitative estimate of drug-likeness (QED) is 0.163. The Morgan fingerprint density at radius 3 is 1.92 bits per heavy atom. The van der Waals surface area contributed by atoms with E-state index in [1.807, 2.05) is 0 Å². The first kappa shape index (κ1) is 31.4. The number of carbonyl (C=O) groups excluding carboxylic acids is 4.